The van der Waals surface area contributed by atoms with Gasteiger partial charge in [0.05, 0.1) is 6.61 Å². The predicted octanol–water partition coefficient (Wildman–Crippen LogP) is -2.42. The third-order valence-electron chi connectivity index (χ3n) is 2.46. The Morgan fingerprint density at radius 3 is 2.69 bits per heavy atom. The van der Waals surface area contributed by atoms with Crippen LogP contribution in [0, 0.1) is 0 Å². The van der Waals surface area contributed by atoms with Crippen LogP contribution >= 0.6 is 0 Å². The maximum Gasteiger partial charge on any atom is 0.217 e. The Morgan fingerprint density at radius 1 is 1.62 bits per heavy atom. The Labute approximate surface area is 93.0 Å². The molecule has 0 aromatic rings. The number of aliphatic hydroxyl groups is 3. The first-order chi connectivity index (χ1) is 7.51. The molecule has 0 bridgehead atoms. The summed E-state index contributed by atoms with van der Waals surface area (Å²) in [6.07, 6.45) is -4.17. The zero-order chi connectivity index (χ0) is 12.3. The third kappa shape index (κ3) is 2.69. The minimum atomic E-state index is -1.22. The van der Waals surface area contributed by atoms with Gasteiger partial charge in [-0.05, 0) is 0 Å². The van der Waals surface area contributed by atoms with Gasteiger partial charge < -0.3 is 30.1 Å². The molecule has 7 nitrogen and oxygen atoms in total. The Bertz CT molecular complexity index is 248. The lowest BCUT2D eigenvalue weighted by atomic mass is 10.0. The van der Waals surface area contributed by atoms with Crippen molar-refractivity contribution in [2.24, 2.45) is 0 Å². The van der Waals surface area contributed by atoms with Gasteiger partial charge in [-0.25, -0.2) is 0 Å². The first-order valence-electron chi connectivity index (χ1n) is 4.93. The molecule has 4 N–H and O–H groups in total. The molecule has 1 amide bonds. The van der Waals surface area contributed by atoms with Gasteiger partial charge in [0.15, 0.2) is 6.29 Å². The standard InChI is InChI=1S/C9H17NO6/c1-4(12)10-6-7(14)8(5(13)3-11)16-9(6)15-2/h5-9,11,13-14H,3H2,1-2H3,(H,10,12)/t5-,6-,7-,8-,9-/m1/s1. The highest BCUT2D eigenvalue weighted by atomic mass is 16.7. The van der Waals surface area contributed by atoms with Crippen LogP contribution in [0.3, 0.4) is 0 Å². The van der Waals surface area contributed by atoms with Gasteiger partial charge >= 0.3 is 0 Å². The monoisotopic (exact) mass is 235 g/mol. The summed E-state index contributed by atoms with van der Waals surface area (Å²) in [4.78, 5) is 10.9. The molecule has 0 radical (unpaired) electrons. The van der Waals surface area contributed by atoms with Crippen molar-refractivity contribution in [2.75, 3.05) is 13.7 Å². The van der Waals surface area contributed by atoms with Gasteiger partial charge in [-0.15, -0.1) is 0 Å². The molecular weight excluding hydrogens is 218 g/mol. The third-order valence-corrected chi connectivity index (χ3v) is 2.46. The molecule has 1 aliphatic heterocycles. The Kier molecular flexibility index (Phi) is 4.63. The molecule has 0 unspecified atom stereocenters. The average molecular weight is 235 g/mol. The van der Waals surface area contributed by atoms with Crippen LogP contribution in [0.1, 0.15) is 6.92 Å². The van der Waals surface area contributed by atoms with E-state index in [1.807, 2.05) is 0 Å². The molecule has 0 spiro atoms. The molecule has 16 heavy (non-hydrogen) atoms. The highest BCUT2D eigenvalue weighted by Crippen LogP contribution is 2.24. The highest BCUT2D eigenvalue weighted by Gasteiger charge is 2.47. The number of nitrogens with one attached hydrogen (secondary N) is 1. The number of carbonyl (C=O) groups excluding carboxylic acids is 1. The van der Waals surface area contributed by atoms with E-state index < -0.39 is 37.3 Å². The van der Waals surface area contributed by atoms with Gasteiger partial charge in [-0.2, -0.15) is 0 Å². The average Bonchev–Trinajstić information content (AvgIpc) is 2.55. The van der Waals surface area contributed by atoms with Crippen molar-refractivity contribution in [2.45, 2.75) is 37.6 Å². The summed E-state index contributed by atoms with van der Waals surface area (Å²) < 4.78 is 10.1. The number of carbonyl (C=O) groups is 1. The fourth-order valence-electron chi connectivity index (χ4n) is 1.70. The molecule has 7 heteroatoms. The van der Waals surface area contributed by atoms with Crippen molar-refractivity contribution < 1.29 is 29.6 Å². The molecule has 0 aromatic carbocycles. The molecule has 94 valence electrons. The van der Waals surface area contributed by atoms with Crippen LogP contribution in [0.15, 0.2) is 0 Å². The first kappa shape index (κ1) is 13.3. The zero-order valence-electron chi connectivity index (χ0n) is 9.16. The normalized spacial score (nSPS) is 36.1. The van der Waals surface area contributed by atoms with Gasteiger partial charge in [0.2, 0.25) is 5.91 Å². The fourth-order valence-corrected chi connectivity index (χ4v) is 1.70. The lowest BCUT2D eigenvalue weighted by molar-refractivity contribution is -0.155. The highest BCUT2D eigenvalue weighted by molar-refractivity contribution is 5.73. The maximum absolute atomic E-state index is 10.9. The molecule has 1 rings (SSSR count). The first-order valence-corrected chi connectivity index (χ1v) is 4.93. The van der Waals surface area contributed by atoms with E-state index in [1.165, 1.54) is 14.0 Å². The minimum absolute atomic E-state index is 0.339. The van der Waals surface area contributed by atoms with Crippen LogP contribution < -0.4 is 5.32 Å². The molecule has 0 aromatic heterocycles. The number of aliphatic hydroxyl groups excluding tert-OH is 3. The molecule has 0 saturated carbocycles. The molecular formula is C9H17NO6. The summed E-state index contributed by atoms with van der Waals surface area (Å²) in [6, 6.07) is -0.756. The van der Waals surface area contributed by atoms with E-state index in [9.17, 15) is 15.0 Å². The predicted molar refractivity (Wildman–Crippen MR) is 52.4 cm³/mol. The number of amides is 1. The van der Waals surface area contributed by atoms with Crippen molar-refractivity contribution in [3.8, 4) is 0 Å². The second kappa shape index (κ2) is 5.55. The summed E-state index contributed by atoms with van der Waals surface area (Å²) in [7, 11) is 1.36. The van der Waals surface area contributed by atoms with Crippen molar-refractivity contribution in [1.82, 2.24) is 5.32 Å². The van der Waals surface area contributed by atoms with E-state index in [-0.39, 0.29) is 5.91 Å². The number of hydrogen-bond donors (Lipinski definition) is 4. The Balaban J connectivity index is 2.72. The quantitative estimate of drug-likeness (QED) is 0.432. The van der Waals surface area contributed by atoms with Crippen LogP contribution in [0.2, 0.25) is 0 Å². The fraction of sp³-hybridized carbons (Fsp3) is 0.889. The van der Waals surface area contributed by atoms with Gasteiger partial charge in [0.1, 0.15) is 24.4 Å². The van der Waals surface area contributed by atoms with Gasteiger partial charge in [0.25, 0.3) is 0 Å². The number of rotatable bonds is 4. The van der Waals surface area contributed by atoms with Crippen LogP contribution in [0.5, 0.6) is 0 Å². The van der Waals surface area contributed by atoms with Crippen molar-refractivity contribution in [3.63, 3.8) is 0 Å². The largest absolute Gasteiger partial charge is 0.394 e. The van der Waals surface area contributed by atoms with Gasteiger partial charge in [0, 0.05) is 14.0 Å². The van der Waals surface area contributed by atoms with Crippen LogP contribution in [-0.4, -0.2) is 65.6 Å². The van der Waals surface area contributed by atoms with Crippen LogP contribution in [0.25, 0.3) is 0 Å². The number of methoxy groups -OCH3 is 1. The summed E-state index contributed by atoms with van der Waals surface area (Å²) in [6.45, 7) is 0.764. The molecule has 1 fully saturated rings. The summed E-state index contributed by atoms with van der Waals surface area (Å²) in [5.74, 6) is -0.339. The number of ether oxygens (including phenoxy) is 2. The van der Waals surface area contributed by atoms with Crippen LogP contribution in [-0.2, 0) is 14.3 Å². The molecule has 0 aliphatic carbocycles. The number of hydrogen-bond acceptors (Lipinski definition) is 6. The second-order valence-corrected chi connectivity index (χ2v) is 3.67. The van der Waals surface area contributed by atoms with E-state index in [1.54, 1.807) is 0 Å². The Hall–Kier alpha value is -0.730. The van der Waals surface area contributed by atoms with Crippen molar-refractivity contribution in [1.29, 1.82) is 0 Å². The van der Waals surface area contributed by atoms with E-state index in [2.05, 4.69) is 5.32 Å². The smallest absolute Gasteiger partial charge is 0.217 e. The van der Waals surface area contributed by atoms with Gasteiger partial charge in [-0.1, -0.05) is 0 Å². The second-order valence-electron chi connectivity index (χ2n) is 3.67. The van der Waals surface area contributed by atoms with E-state index in [0.29, 0.717) is 0 Å². The lowest BCUT2D eigenvalue weighted by Crippen LogP contribution is -2.49. The molecule has 1 heterocycles. The SMILES string of the molecule is CO[C@@H]1O[C@H]([C@H](O)CO)[C@H](O)[C@H]1NC(C)=O. The molecule has 1 saturated heterocycles. The summed E-state index contributed by atoms with van der Waals surface area (Å²) >= 11 is 0. The lowest BCUT2D eigenvalue weighted by Gasteiger charge is -2.20. The maximum atomic E-state index is 10.9. The molecule has 1 aliphatic rings. The Morgan fingerprint density at radius 2 is 2.25 bits per heavy atom. The van der Waals surface area contributed by atoms with E-state index in [0.717, 1.165) is 0 Å². The molecule has 5 atom stereocenters. The van der Waals surface area contributed by atoms with E-state index >= 15 is 0 Å². The van der Waals surface area contributed by atoms with Crippen molar-refractivity contribution in [3.05, 3.63) is 0 Å². The summed E-state index contributed by atoms with van der Waals surface area (Å²) in [5, 5.41) is 30.4. The topological polar surface area (TPSA) is 108 Å². The minimum Gasteiger partial charge on any atom is -0.394 e. The van der Waals surface area contributed by atoms with Gasteiger partial charge in [-0.3, -0.25) is 4.79 Å². The van der Waals surface area contributed by atoms with Crippen LogP contribution in [0.4, 0.5) is 0 Å². The zero-order valence-corrected chi connectivity index (χ0v) is 9.16. The summed E-state index contributed by atoms with van der Waals surface area (Å²) in [5.41, 5.74) is 0. The van der Waals surface area contributed by atoms with E-state index in [4.69, 9.17) is 14.6 Å². The van der Waals surface area contributed by atoms with Crippen molar-refractivity contribution >= 4 is 5.91 Å².